The Morgan fingerprint density at radius 1 is 1.29 bits per heavy atom. The van der Waals surface area contributed by atoms with Crippen molar-refractivity contribution in [2.45, 2.75) is 12.5 Å². The van der Waals surface area contributed by atoms with E-state index in [1.165, 1.54) is 18.6 Å². The molecule has 0 bridgehead atoms. The van der Waals surface area contributed by atoms with Gasteiger partial charge in [0.25, 0.3) is 5.91 Å². The third kappa shape index (κ3) is 3.50. The SMILES string of the molecule is O=C(NC(Cc1cnc[nH]1)C(=O)O)c1ccc(O)c(O)c1. The van der Waals surface area contributed by atoms with Crippen molar-refractivity contribution in [3.8, 4) is 11.5 Å². The summed E-state index contributed by atoms with van der Waals surface area (Å²) >= 11 is 0. The molecule has 0 radical (unpaired) electrons. The average molecular weight is 291 g/mol. The summed E-state index contributed by atoms with van der Waals surface area (Å²) in [6.07, 6.45) is 2.92. The highest BCUT2D eigenvalue weighted by Gasteiger charge is 2.22. The van der Waals surface area contributed by atoms with Crippen LogP contribution in [0.3, 0.4) is 0 Å². The van der Waals surface area contributed by atoms with Crippen LogP contribution in [0.1, 0.15) is 16.1 Å². The maximum Gasteiger partial charge on any atom is 0.326 e. The van der Waals surface area contributed by atoms with E-state index in [1.807, 2.05) is 0 Å². The van der Waals surface area contributed by atoms with Crippen molar-refractivity contribution in [1.29, 1.82) is 0 Å². The second-order valence-corrected chi connectivity index (χ2v) is 4.35. The molecule has 0 aliphatic rings. The van der Waals surface area contributed by atoms with E-state index < -0.39 is 23.7 Å². The van der Waals surface area contributed by atoms with Crippen molar-refractivity contribution in [3.63, 3.8) is 0 Å². The van der Waals surface area contributed by atoms with E-state index in [2.05, 4.69) is 15.3 Å². The number of carbonyl (C=O) groups is 2. The Hall–Kier alpha value is -3.03. The van der Waals surface area contributed by atoms with Gasteiger partial charge in [-0.15, -0.1) is 0 Å². The second-order valence-electron chi connectivity index (χ2n) is 4.35. The number of nitrogens with zero attached hydrogens (tertiary/aromatic N) is 1. The Bertz CT molecular complexity index is 654. The summed E-state index contributed by atoms with van der Waals surface area (Å²) in [6.45, 7) is 0. The van der Waals surface area contributed by atoms with E-state index in [-0.39, 0.29) is 17.7 Å². The van der Waals surface area contributed by atoms with Gasteiger partial charge < -0.3 is 25.6 Å². The van der Waals surface area contributed by atoms with Crippen LogP contribution in [-0.4, -0.2) is 43.2 Å². The first-order valence-electron chi connectivity index (χ1n) is 6.00. The minimum atomic E-state index is -1.19. The summed E-state index contributed by atoms with van der Waals surface area (Å²) in [5, 5.41) is 30.0. The minimum absolute atomic E-state index is 0.0427. The van der Waals surface area contributed by atoms with Gasteiger partial charge in [-0.3, -0.25) is 4.79 Å². The molecule has 0 aliphatic heterocycles. The van der Waals surface area contributed by atoms with Gasteiger partial charge in [-0.1, -0.05) is 0 Å². The van der Waals surface area contributed by atoms with Crippen LogP contribution in [0, 0.1) is 0 Å². The number of nitrogens with one attached hydrogen (secondary N) is 2. The molecule has 21 heavy (non-hydrogen) atoms. The lowest BCUT2D eigenvalue weighted by atomic mass is 10.1. The van der Waals surface area contributed by atoms with E-state index >= 15 is 0 Å². The first-order valence-corrected chi connectivity index (χ1v) is 6.00. The summed E-state index contributed by atoms with van der Waals surface area (Å²) < 4.78 is 0. The molecule has 1 aromatic carbocycles. The lowest BCUT2D eigenvalue weighted by Gasteiger charge is -2.14. The van der Waals surface area contributed by atoms with Gasteiger partial charge in [0.1, 0.15) is 6.04 Å². The summed E-state index contributed by atoms with van der Waals surface area (Å²) in [5.74, 6) is -2.68. The number of imidazole rings is 1. The summed E-state index contributed by atoms with van der Waals surface area (Å²) in [5.41, 5.74) is 0.609. The van der Waals surface area contributed by atoms with Gasteiger partial charge in [0.2, 0.25) is 0 Å². The molecule has 110 valence electrons. The molecule has 1 amide bonds. The normalized spacial score (nSPS) is 11.8. The number of phenols is 2. The predicted molar refractivity (Wildman–Crippen MR) is 71.0 cm³/mol. The molecule has 0 saturated heterocycles. The van der Waals surface area contributed by atoms with E-state index in [4.69, 9.17) is 5.11 Å². The molecular formula is C13H13N3O5. The van der Waals surface area contributed by atoms with Crippen molar-refractivity contribution in [2.24, 2.45) is 0 Å². The first kappa shape index (κ1) is 14.4. The van der Waals surface area contributed by atoms with E-state index in [0.717, 1.165) is 12.1 Å². The minimum Gasteiger partial charge on any atom is -0.504 e. The Balaban J connectivity index is 2.10. The molecule has 1 heterocycles. The summed E-state index contributed by atoms with van der Waals surface area (Å²) in [6, 6.07) is 2.34. The van der Waals surface area contributed by atoms with Gasteiger partial charge in [-0.2, -0.15) is 0 Å². The molecule has 8 heteroatoms. The number of hydrogen-bond acceptors (Lipinski definition) is 5. The fourth-order valence-electron chi connectivity index (χ4n) is 1.72. The van der Waals surface area contributed by atoms with Gasteiger partial charge in [-0.25, -0.2) is 9.78 Å². The summed E-state index contributed by atoms with van der Waals surface area (Å²) in [7, 11) is 0. The quantitative estimate of drug-likeness (QED) is 0.501. The number of aromatic hydroxyl groups is 2. The van der Waals surface area contributed by atoms with E-state index in [1.54, 1.807) is 0 Å². The Kier molecular flexibility index (Phi) is 4.07. The molecule has 0 fully saturated rings. The number of H-pyrrole nitrogens is 1. The fourth-order valence-corrected chi connectivity index (χ4v) is 1.72. The van der Waals surface area contributed by atoms with Crippen LogP contribution in [0.5, 0.6) is 11.5 Å². The topological polar surface area (TPSA) is 136 Å². The van der Waals surface area contributed by atoms with Crippen molar-refractivity contribution >= 4 is 11.9 Å². The molecule has 0 aliphatic carbocycles. The number of rotatable bonds is 5. The number of carbonyl (C=O) groups excluding carboxylic acids is 1. The number of aromatic nitrogens is 2. The highest BCUT2D eigenvalue weighted by atomic mass is 16.4. The van der Waals surface area contributed by atoms with Crippen molar-refractivity contribution in [1.82, 2.24) is 15.3 Å². The van der Waals surface area contributed by atoms with Crippen LogP contribution in [0.2, 0.25) is 0 Å². The number of carboxylic acids is 1. The van der Waals surface area contributed by atoms with Gasteiger partial charge in [0, 0.05) is 23.9 Å². The first-order chi connectivity index (χ1) is 9.97. The Morgan fingerprint density at radius 3 is 2.62 bits per heavy atom. The van der Waals surface area contributed by atoms with Gasteiger partial charge in [0.05, 0.1) is 6.33 Å². The molecule has 1 atom stereocenters. The third-order valence-corrected chi connectivity index (χ3v) is 2.82. The maximum atomic E-state index is 12.0. The number of aromatic amines is 1. The van der Waals surface area contributed by atoms with Gasteiger partial charge >= 0.3 is 5.97 Å². The van der Waals surface area contributed by atoms with Crippen LogP contribution in [0.15, 0.2) is 30.7 Å². The predicted octanol–water partition coefficient (Wildman–Crippen LogP) is 0.247. The molecule has 2 rings (SSSR count). The van der Waals surface area contributed by atoms with Crippen LogP contribution < -0.4 is 5.32 Å². The maximum absolute atomic E-state index is 12.0. The molecule has 5 N–H and O–H groups in total. The lowest BCUT2D eigenvalue weighted by Crippen LogP contribution is -2.42. The number of benzene rings is 1. The smallest absolute Gasteiger partial charge is 0.326 e. The number of phenolic OH excluding ortho intramolecular Hbond substituents is 2. The molecule has 1 unspecified atom stereocenters. The van der Waals surface area contributed by atoms with Crippen molar-refractivity contribution < 1.29 is 24.9 Å². The molecule has 1 aromatic heterocycles. The van der Waals surface area contributed by atoms with Crippen LogP contribution in [0.25, 0.3) is 0 Å². The lowest BCUT2D eigenvalue weighted by molar-refractivity contribution is -0.139. The third-order valence-electron chi connectivity index (χ3n) is 2.82. The largest absolute Gasteiger partial charge is 0.504 e. The highest BCUT2D eigenvalue weighted by Crippen LogP contribution is 2.24. The fraction of sp³-hybridized carbons (Fsp3) is 0.154. The van der Waals surface area contributed by atoms with E-state index in [0.29, 0.717) is 5.69 Å². The van der Waals surface area contributed by atoms with Gasteiger partial charge in [-0.05, 0) is 18.2 Å². The monoisotopic (exact) mass is 291 g/mol. The van der Waals surface area contributed by atoms with E-state index in [9.17, 15) is 19.8 Å². The molecule has 0 saturated carbocycles. The van der Waals surface area contributed by atoms with Crippen LogP contribution in [-0.2, 0) is 11.2 Å². The second kappa shape index (κ2) is 5.95. The zero-order valence-electron chi connectivity index (χ0n) is 10.8. The van der Waals surface area contributed by atoms with Gasteiger partial charge in [0.15, 0.2) is 11.5 Å². The van der Waals surface area contributed by atoms with Crippen LogP contribution >= 0.6 is 0 Å². The molecule has 2 aromatic rings. The Labute approximate surface area is 119 Å². The standard InChI is InChI=1S/C13H13N3O5/c17-10-2-1-7(3-11(10)18)12(19)16-9(13(20)21)4-8-5-14-6-15-8/h1-3,5-6,9,17-18H,4H2,(H,14,15)(H,16,19)(H,20,21). The molecular weight excluding hydrogens is 278 g/mol. The molecule has 8 nitrogen and oxygen atoms in total. The van der Waals surface area contributed by atoms with Crippen molar-refractivity contribution in [3.05, 3.63) is 42.0 Å². The zero-order valence-corrected chi connectivity index (χ0v) is 10.8. The number of amides is 1. The average Bonchev–Trinajstić information content (AvgIpc) is 2.93. The number of aliphatic carboxylic acids is 1. The number of hydrogen-bond donors (Lipinski definition) is 5. The number of carboxylic acid groups (broad SMARTS) is 1. The summed E-state index contributed by atoms with van der Waals surface area (Å²) in [4.78, 5) is 29.7. The Morgan fingerprint density at radius 2 is 2.05 bits per heavy atom. The highest BCUT2D eigenvalue weighted by molar-refractivity contribution is 5.97. The van der Waals surface area contributed by atoms with Crippen LogP contribution in [0.4, 0.5) is 0 Å². The van der Waals surface area contributed by atoms with Crippen molar-refractivity contribution in [2.75, 3.05) is 0 Å². The zero-order chi connectivity index (χ0) is 15.4. The molecule has 0 spiro atoms.